The number of aliphatic carboxylic acids is 1. The third-order valence-electron chi connectivity index (χ3n) is 3.31. The van der Waals surface area contributed by atoms with E-state index in [9.17, 15) is 14.7 Å². The lowest BCUT2D eigenvalue weighted by Crippen LogP contribution is -2.52. The van der Waals surface area contributed by atoms with E-state index < -0.39 is 11.5 Å². The minimum absolute atomic E-state index is 0.333. The van der Waals surface area contributed by atoms with Gasteiger partial charge in [-0.3, -0.25) is 4.79 Å². The molecule has 0 unspecified atom stereocenters. The van der Waals surface area contributed by atoms with Crippen LogP contribution in [-0.2, 0) is 4.79 Å². The zero-order chi connectivity index (χ0) is 13.2. The number of rotatable bonds is 3. The molecule has 0 heterocycles. The zero-order valence-corrected chi connectivity index (χ0v) is 11.4. The molecule has 18 heavy (non-hydrogen) atoms. The molecule has 1 aliphatic carbocycles. The topological polar surface area (TPSA) is 66.4 Å². The minimum Gasteiger partial charge on any atom is -0.480 e. The van der Waals surface area contributed by atoms with Crippen LogP contribution in [0, 0.1) is 0 Å². The Hall–Kier alpha value is -1.36. The Bertz CT molecular complexity index is 481. The Morgan fingerprint density at radius 1 is 1.28 bits per heavy atom. The predicted octanol–water partition coefficient (Wildman–Crippen LogP) is 2.58. The van der Waals surface area contributed by atoms with Gasteiger partial charge in [-0.2, -0.15) is 0 Å². The smallest absolute Gasteiger partial charge is 0.329 e. The molecule has 4 nitrogen and oxygen atoms in total. The Balaban J connectivity index is 2.18. The molecule has 1 aromatic carbocycles. The number of amides is 1. The van der Waals surface area contributed by atoms with E-state index in [0.29, 0.717) is 18.4 Å². The first kappa shape index (κ1) is 13.1. The summed E-state index contributed by atoms with van der Waals surface area (Å²) in [4.78, 5) is 23.4. The largest absolute Gasteiger partial charge is 0.480 e. The highest BCUT2D eigenvalue weighted by molar-refractivity contribution is 9.10. The maximum Gasteiger partial charge on any atom is 0.329 e. The average Bonchev–Trinajstić information content (AvgIpc) is 2.79. The number of benzene rings is 1. The van der Waals surface area contributed by atoms with Gasteiger partial charge in [0, 0.05) is 10.0 Å². The lowest BCUT2D eigenvalue weighted by molar-refractivity contribution is -0.144. The lowest BCUT2D eigenvalue weighted by atomic mass is 9.97. The molecule has 0 atom stereocenters. The van der Waals surface area contributed by atoms with Crippen molar-refractivity contribution in [1.82, 2.24) is 5.32 Å². The summed E-state index contributed by atoms with van der Waals surface area (Å²) in [6.45, 7) is 0. The molecule has 1 aliphatic rings. The van der Waals surface area contributed by atoms with Crippen molar-refractivity contribution in [2.24, 2.45) is 0 Å². The van der Waals surface area contributed by atoms with Crippen LogP contribution < -0.4 is 5.32 Å². The molecule has 0 aromatic heterocycles. The second kappa shape index (κ2) is 5.10. The quantitative estimate of drug-likeness (QED) is 0.901. The number of nitrogens with one attached hydrogen (secondary N) is 1. The Morgan fingerprint density at radius 3 is 2.50 bits per heavy atom. The number of hydrogen-bond donors (Lipinski definition) is 2. The van der Waals surface area contributed by atoms with Gasteiger partial charge in [-0.25, -0.2) is 4.79 Å². The number of halogens is 1. The second-order valence-corrected chi connectivity index (χ2v) is 5.47. The highest BCUT2D eigenvalue weighted by Gasteiger charge is 2.42. The third-order valence-corrected chi connectivity index (χ3v) is 3.80. The van der Waals surface area contributed by atoms with Crippen molar-refractivity contribution < 1.29 is 14.7 Å². The molecule has 1 saturated carbocycles. The molecule has 1 aromatic rings. The van der Waals surface area contributed by atoms with Crippen LogP contribution in [0.25, 0.3) is 0 Å². The number of carbonyl (C=O) groups excluding carboxylic acids is 1. The average molecular weight is 312 g/mol. The molecular formula is C13H14BrNO3. The SMILES string of the molecule is O=C(NC1(C(=O)O)CCCC1)c1cccc(Br)c1. The molecular weight excluding hydrogens is 298 g/mol. The molecule has 2 rings (SSSR count). The second-order valence-electron chi connectivity index (χ2n) is 4.56. The van der Waals surface area contributed by atoms with E-state index >= 15 is 0 Å². The summed E-state index contributed by atoms with van der Waals surface area (Å²) in [5.41, 5.74) is -0.615. The first-order chi connectivity index (χ1) is 8.53. The fourth-order valence-corrected chi connectivity index (χ4v) is 2.69. The number of carboxylic acid groups (broad SMARTS) is 1. The summed E-state index contributed by atoms with van der Waals surface area (Å²) in [6, 6.07) is 6.92. The fraction of sp³-hybridized carbons (Fsp3) is 0.385. The zero-order valence-electron chi connectivity index (χ0n) is 9.78. The van der Waals surface area contributed by atoms with Gasteiger partial charge < -0.3 is 10.4 Å². The van der Waals surface area contributed by atoms with Crippen LogP contribution in [0.5, 0.6) is 0 Å². The predicted molar refractivity (Wildman–Crippen MR) is 70.4 cm³/mol. The Kier molecular flexibility index (Phi) is 3.71. The van der Waals surface area contributed by atoms with Crippen molar-refractivity contribution in [3.8, 4) is 0 Å². The summed E-state index contributed by atoms with van der Waals surface area (Å²) in [7, 11) is 0. The van der Waals surface area contributed by atoms with Gasteiger partial charge in [-0.15, -0.1) is 0 Å². The molecule has 0 radical (unpaired) electrons. The molecule has 0 saturated heterocycles. The molecule has 5 heteroatoms. The lowest BCUT2D eigenvalue weighted by Gasteiger charge is -2.25. The highest BCUT2D eigenvalue weighted by atomic mass is 79.9. The van der Waals surface area contributed by atoms with E-state index in [1.165, 1.54) is 0 Å². The Labute approximate surface area is 114 Å². The van der Waals surface area contributed by atoms with Gasteiger partial charge in [0.25, 0.3) is 5.91 Å². The van der Waals surface area contributed by atoms with Crippen molar-refractivity contribution in [3.05, 3.63) is 34.3 Å². The third kappa shape index (κ3) is 2.56. The maximum absolute atomic E-state index is 12.1. The molecule has 1 amide bonds. The van der Waals surface area contributed by atoms with Gasteiger partial charge in [0.05, 0.1) is 0 Å². The first-order valence-corrected chi connectivity index (χ1v) is 6.64. The van der Waals surface area contributed by atoms with Crippen molar-refractivity contribution in [3.63, 3.8) is 0 Å². The summed E-state index contributed by atoms with van der Waals surface area (Å²) in [5, 5.41) is 12.0. The van der Waals surface area contributed by atoms with Crippen LogP contribution in [0.4, 0.5) is 0 Å². The van der Waals surface area contributed by atoms with Crippen LogP contribution in [0.1, 0.15) is 36.0 Å². The van der Waals surface area contributed by atoms with Crippen LogP contribution >= 0.6 is 15.9 Å². The van der Waals surface area contributed by atoms with E-state index in [-0.39, 0.29) is 5.91 Å². The van der Waals surface area contributed by atoms with Gasteiger partial charge in [0.1, 0.15) is 5.54 Å². The number of carboxylic acids is 1. The monoisotopic (exact) mass is 311 g/mol. The van der Waals surface area contributed by atoms with E-state index in [1.54, 1.807) is 18.2 Å². The van der Waals surface area contributed by atoms with Crippen LogP contribution in [0.3, 0.4) is 0 Å². The summed E-state index contributed by atoms with van der Waals surface area (Å²) >= 11 is 3.29. The van der Waals surface area contributed by atoms with Gasteiger partial charge in [0.2, 0.25) is 0 Å². The highest BCUT2D eigenvalue weighted by Crippen LogP contribution is 2.30. The summed E-state index contributed by atoms with van der Waals surface area (Å²) in [5.74, 6) is -1.27. The van der Waals surface area contributed by atoms with Crippen molar-refractivity contribution in [2.75, 3.05) is 0 Å². The number of carbonyl (C=O) groups is 2. The van der Waals surface area contributed by atoms with Crippen LogP contribution in [-0.4, -0.2) is 22.5 Å². The molecule has 0 spiro atoms. The molecule has 1 fully saturated rings. The van der Waals surface area contributed by atoms with E-state index in [4.69, 9.17) is 0 Å². The van der Waals surface area contributed by atoms with Gasteiger partial charge in [0.15, 0.2) is 0 Å². The van der Waals surface area contributed by atoms with E-state index in [1.807, 2.05) is 6.07 Å². The van der Waals surface area contributed by atoms with E-state index in [0.717, 1.165) is 17.3 Å². The molecule has 0 aliphatic heterocycles. The molecule has 2 N–H and O–H groups in total. The molecule has 96 valence electrons. The van der Waals surface area contributed by atoms with Gasteiger partial charge >= 0.3 is 5.97 Å². The Morgan fingerprint density at radius 2 is 1.94 bits per heavy atom. The van der Waals surface area contributed by atoms with Crippen molar-refractivity contribution in [2.45, 2.75) is 31.2 Å². The molecule has 0 bridgehead atoms. The van der Waals surface area contributed by atoms with Crippen molar-refractivity contribution in [1.29, 1.82) is 0 Å². The normalized spacial score (nSPS) is 17.4. The summed E-state index contributed by atoms with van der Waals surface area (Å²) in [6.07, 6.45) is 2.68. The minimum atomic E-state index is -1.08. The van der Waals surface area contributed by atoms with E-state index in [2.05, 4.69) is 21.2 Å². The summed E-state index contributed by atoms with van der Waals surface area (Å²) < 4.78 is 0.797. The first-order valence-electron chi connectivity index (χ1n) is 5.85. The maximum atomic E-state index is 12.1. The van der Waals surface area contributed by atoms with Gasteiger partial charge in [-0.05, 0) is 31.0 Å². The van der Waals surface area contributed by atoms with Gasteiger partial charge in [-0.1, -0.05) is 34.8 Å². The number of hydrogen-bond acceptors (Lipinski definition) is 2. The fourth-order valence-electron chi connectivity index (χ4n) is 2.29. The van der Waals surface area contributed by atoms with Crippen LogP contribution in [0.2, 0.25) is 0 Å². The van der Waals surface area contributed by atoms with Crippen LogP contribution in [0.15, 0.2) is 28.7 Å². The van der Waals surface area contributed by atoms with Crippen molar-refractivity contribution >= 4 is 27.8 Å². The standard InChI is InChI=1S/C13H14BrNO3/c14-10-5-3-4-9(8-10)11(16)15-13(12(17)18)6-1-2-7-13/h3-5,8H,1-2,6-7H2,(H,15,16)(H,17,18).